The van der Waals surface area contributed by atoms with Gasteiger partial charge in [-0.15, -0.1) is 0 Å². The van der Waals surface area contributed by atoms with Crippen molar-refractivity contribution in [2.24, 2.45) is 0 Å². The van der Waals surface area contributed by atoms with Crippen LogP contribution in [-0.4, -0.2) is 41.3 Å². The van der Waals surface area contributed by atoms with E-state index in [4.69, 9.17) is 9.47 Å². The lowest BCUT2D eigenvalue weighted by Crippen LogP contribution is -2.39. The summed E-state index contributed by atoms with van der Waals surface area (Å²) in [6.45, 7) is 5.44. The molecule has 0 N–H and O–H groups in total. The third-order valence-electron chi connectivity index (χ3n) is 3.32. The number of nitrogens with zero attached hydrogens (tertiary/aromatic N) is 2. The van der Waals surface area contributed by atoms with Crippen molar-refractivity contribution < 1.29 is 19.1 Å². The van der Waals surface area contributed by atoms with Crippen molar-refractivity contribution in [3.63, 3.8) is 0 Å². The highest BCUT2D eigenvalue weighted by atomic mass is 16.6. The first kappa shape index (κ1) is 16.8. The van der Waals surface area contributed by atoms with Crippen LogP contribution in [0.1, 0.15) is 37.6 Å². The Bertz CT molecular complexity index is 616. The average Bonchev–Trinajstić information content (AvgIpc) is 2.89. The first-order valence-corrected chi connectivity index (χ1v) is 7.45. The Morgan fingerprint density at radius 1 is 1.26 bits per heavy atom. The van der Waals surface area contributed by atoms with Gasteiger partial charge in [-0.3, -0.25) is 4.90 Å². The number of likely N-dealkylation sites (tertiary alicyclic amines) is 1. The monoisotopic (exact) mass is 316 g/mol. The summed E-state index contributed by atoms with van der Waals surface area (Å²) in [5, 5.41) is 9.21. The van der Waals surface area contributed by atoms with Gasteiger partial charge in [0.2, 0.25) is 0 Å². The van der Waals surface area contributed by atoms with Gasteiger partial charge in [-0.25, -0.2) is 9.59 Å². The molecule has 1 heterocycles. The molecular weight excluding hydrogens is 296 g/mol. The quantitative estimate of drug-likeness (QED) is 0.784. The van der Waals surface area contributed by atoms with Crippen LogP contribution in [0.4, 0.5) is 4.79 Å². The van der Waals surface area contributed by atoms with Crippen LogP contribution >= 0.6 is 0 Å². The summed E-state index contributed by atoms with van der Waals surface area (Å²) in [5.74, 6) is -0.460. The number of carbonyl (C=O) groups excluding carboxylic acids is 2. The summed E-state index contributed by atoms with van der Waals surface area (Å²) in [6.07, 6.45) is -0.795. The van der Waals surface area contributed by atoms with Crippen LogP contribution in [0, 0.1) is 11.3 Å². The van der Waals surface area contributed by atoms with Crippen molar-refractivity contribution in [3.05, 3.63) is 35.9 Å². The van der Waals surface area contributed by atoms with Crippen molar-refractivity contribution in [1.29, 1.82) is 5.26 Å². The lowest BCUT2D eigenvalue weighted by molar-refractivity contribution is 0.0176. The summed E-state index contributed by atoms with van der Waals surface area (Å²) < 4.78 is 10.7. The van der Waals surface area contributed by atoms with E-state index in [0.29, 0.717) is 5.56 Å². The van der Waals surface area contributed by atoms with Gasteiger partial charge in [0.15, 0.2) is 0 Å². The van der Waals surface area contributed by atoms with Gasteiger partial charge in [0, 0.05) is 6.42 Å². The minimum atomic E-state index is -0.654. The van der Waals surface area contributed by atoms with Gasteiger partial charge >= 0.3 is 12.1 Å². The molecule has 1 aromatic carbocycles. The van der Waals surface area contributed by atoms with Gasteiger partial charge < -0.3 is 9.47 Å². The van der Waals surface area contributed by atoms with E-state index in [2.05, 4.69) is 6.07 Å². The minimum absolute atomic E-state index is 0.158. The second kappa shape index (κ2) is 6.69. The fraction of sp³-hybridized carbons (Fsp3) is 0.471. The number of ether oxygens (including phenoxy) is 2. The Morgan fingerprint density at radius 2 is 1.91 bits per heavy atom. The highest BCUT2D eigenvalue weighted by Gasteiger charge is 2.39. The predicted molar refractivity (Wildman–Crippen MR) is 82.6 cm³/mol. The molecule has 0 aliphatic carbocycles. The fourth-order valence-electron chi connectivity index (χ4n) is 2.32. The third-order valence-corrected chi connectivity index (χ3v) is 3.32. The van der Waals surface area contributed by atoms with E-state index in [1.807, 2.05) is 6.07 Å². The molecule has 1 fully saturated rings. The average molecular weight is 316 g/mol. The Labute approximate surface area is 135 Å². The van der Waals surface area contributed by atoms with Crippen LogP contribution in [0.5, 0.6) is 0 Å². The molecule has 2 rings (SSSR count). The van der Waals surface area contributed by atoms with Crippen molar-refractivity contribution in [1.82, 2.24) is 4.90 Å². The fourth-order valence-corrected chi connectivity index (χ4v) is 2.32. The zero-order chi connectivity index (χ0) is 17.0. The molecule has 2 atom stereocenters. The molecule has 1 amide bonds. The predicted octanol–water partition coefficient (Wildman–Crippen LogP) is 2.74. The first-order chi connectivity index (χ1) is 10.8. The first-order valence-electron chi connectivity index (χ1n) is 7.45. The van der Waals surface area contributed by atoms with Gasteiger partial charge in [0.1, 0.15) is 17.7 Å². The van der Waals surface area contributed by atoms with Crippen molar-refractivity contribution >= 4 is 12.1 Å². The van der Waals surface area contributed by atoms with Crippen LogP contribution in [0.3, 0.4) is 0 Å². The normalized spacial score (nSPS) is 20.7. The van der Waals surface area contributed by atoms with Gasteiger partial charge in [0.05, 0.1) is 18.2 Å². The molecule has 122 valence electrons. The number of benzene rings is 1. The number of rotatable bonds is 2. The maximum absolute atomic E-state index is 12.1. The molecule has 6 nitrogen and oxygen atoms in total. The molecule has 0 saturated carbocycles. The Hall–Kier alpha value is -2.55. The number of nitriles is 1. The van der Waals surface area contributed by atoms with Gasteiger partial charge in [-0.2, -0.15) is 5.26 Å². The zero-order valence-electron chi connectivity index (χ0n) is 13.5. The summed E-state index contributed by atoms with van der Waals surface area (Å²) in [6, 6.07) is 10.0. The smallest absolute Gasteiger partial charge is 0.411 e. The van der Waals surface area contributed by atoms with Crippen LogP contribution in [0.15, 0.2) is 30.3 Å². The molecule has 0 bridgehead atoms. The topological polar surface area (TPSA) is 79.6 Å². The van der Waals surface area contributed by atoms with Crippen molar-refractivity contribution in [2.45, 2.75) is 44.9 Å². The SMILES string of the molecule is CC(C)(C)OC(=O)N1C[C@H](OC(=O)c2ccccc2)C[C@H]1C#N. The van der Waals surface area contributed by atoms with Crippen LogP contribution < -0.4 is 0 Å². The Morgan fingerprint density at radius 3 is 2.48 bits per heavy atom. The summed E-state index contributed by atoms with van der Waals surface area (Å²) in [5.41, 5.74) is -0.202. The van der Waals surface area contributed by atoms with Crippen LogP contribution in [-0.2, 0) is 9.47 Å². The third kappa shape index (κ3) is 4.46. The Balaban J connectivity index is 2.00. The molecule has 1 saturated heterocycles. The molecule has 0 spiro atoms. The molecule has 1 aromatic rings. The number of esters is 1. The van der Waals surface area contributed by atoms with E-state index in [-0.39, 0.29) is 13.0 Å². The molecule has 6 heteroatoms. The van der Waals surface area contributed by atoms with E-state index in [0.717, 1.165) is 0 Å². The van der Waals surface area contributed by atoms with E-state index in [1.165, 1.54) is 4.90 Å². The largest absolute Gasteiger partial charge is 0.457 e. The molecule has 1 aliphatic rings. The number of carbonyl (C=O) groups is 2. The molecule has 0 unspecified atom stereocenters. The van der Waals surface area contributed by atoms with E-state index in [9.17, 15) is 14.9 Å². The summed E-state index contributed by atoms with van der Waals surface area (Å²) in [4.78, 5) is 25.5. The summed E-state index contributed by atoms with van der Waals surface area (Å²) in [7, 11) is 0. The molecule has 1 aliphatic heterocycles. The highest BCUT2D eigenvalue weighted by Crippen LogP contribution is 2.23. The van der Waals surface area contributed by atoms with Gasteiger partial charge in [0.25, 0.3) is 0 Å². The van der Waals surface area contributed by atoms with Gasteiger partial charge in [-0.1, -0.05) is 18.2 Å². The Kier molecular flexibility index (Phi) is 4.89. The van der Waals surface area contributed by atoms with Gasteiger partial charge in [-0.05, 0) is 32.9 Å². The van der Waals surface area contributed by atoms with E-state index in [1.54, 1.807) is 45.0 Å². The number of amides is 1. The second-order valence-corrected chi connectivity index (χ2v) is 6.41. The van der Waals surface area contributed by atoms with E-state index < -0.39 is 29.8 Å². The zero-order valence-corrected chi connectivity index (χ0v) is 13.5. The summed E-state index contributed by atoms with van der Waals surface area (Å²) >= 11 is 0. The highest BCUT2D eigenvalue weighted by molar-refractivity contribution is 5.89. The van der Waals surface area contributed by atoms with Crippen LogP contribution in [0.25, 0.3) is 0 Å². The van der Waals surface area contributed by atoms with Crippen molar-refractivity contribution in [2.75, 3.05) is 6.54 Å². The van der Waals surface area contributed by atoms with E-state index >= 15 is 0 Å². The second-order valence-electron chi connectivity index (χ2n) is 6.41. The van der Waals surface area contributed by atoms with Crippen molar-refractivity contribution in [3.8, 4) is 6.07 Å². The van der Waals surface area contributed by atoms with Crippen LogP contribution in [0.2, 0.25) is 0 Å². The number of hydrogen-bond acceptors (Lipinski definition) is 5. The lowest BCUT2D eigenvalue weighted by atomic mass is 10.2. The lowest BCUT2D eigenvalue weighted by Gasteiger charge is -2.25. The maximum atomic E-state index is 12.1. The molecular formula is C17H20N2O4. The molecule has 0 aromatic heterocycles. The molecule has 23 heavy (non-hydrogen) atoms. The minimum Gasteiger partial charge on any atom is -0.457 e. The standard InChI is InChI=1S/C17H20N2O4/c1-17(2,3)23-16(21)19-11-14(9-13(19)10-18)22-15(20)12-7-5-4-6-8-12/h4-8,13-14H,9,11H2,1-3H3/t13-,14+/m0/s1. The maximum Gasteiger partial charge on any atom is 0.411 e. The number of hydrogen-bond donors (Lipinski definition) is 0. The molecule has 0 radical (unpaired) electrons.